The molecule has 14 nitrogen and oxygen atoms in total. The van der Waals surface area contributed by atoms with E-state index in [2.05, 4.69) is 4.84 Å². The number of hydrogen-bond acceptors (Lipinski definition) is 14. The predicted molar refractivity (Wildman–Crippen MR) is 179 cm³/mol. The summed E-state index contributed by atoms with van der Waals surface area (Å²) in [6, 6.07) is 5.22. The van der Waals surface area contributed by atoms with Crippen molar-refractivity contribution in [1.82, 2.24) is 5.39 Å². The number of alkyl halides is 1. The number of benzene rings is 1. The second-order valence-electron chi connectivity index (χ2n) is 14.6. The highest BCUT2D eigenvalue weighted by atomic mass is 35.5. The molecule has 15 heteroatoms. The van der Waals surface area contributed by atoms with Gasteiger partial charge in [-0.25, -0.2) is 4.79 Å². The van der Waals surface area contributed by atoms with Crippen LogP contribution in [0.3, 0.4) is 0 Å². The van der Waals surface area contributed by atoms with Crippen molar-refractivity contribution in [2.24, 2.45) is 34.3 Å². The number of aliphatic hydroxyl groups excluding tert-OH is 1. The zero-order valence-corrected chi connectivity index (χ0v) is 29.7. The zero-order chi connectivity index (χ0) is 37.4. The molecule has 0 amide bonds. The number of halogens is 1. The molecule has 0 bridgehead atoms. The van der Waals surface area contributed by atoms with E-state index in [-0.39, 0.29) is 49.4 Å². The second-order valence-corrected chi connectivity index (χ2v) is 15.3. The van der Waals surface area contributed by atoms with Crippen LogP contribution in [0.15, 0.2) is 48.1 Å². The van der Waals surface area contributed by atoms with Crippen molar-refractivity contribution in [3.05, 3.63) is 53.6 Å². The van der Waals surface area contributed by atoms with E-state index in [1.807, 2.05) is 6.92 Å². The van der Waals surface area contributed by atoms with Gasteiger partial charge in [-0.15, -0.1) is 11.6 Å². The second kappa shape index (κ2) is 15.0. The number of hydrogen-bond donors (Lipinski definition) is 5. The average molecular weight is 735 g/mol. The van der Waals surface area contributed by atoms with Gasteiger partial charge in [-0.1, -0.05) is 44.6 Å². The van der Waals surface area contributed by atoms with Crippen LogP contribution < -0.4 is 10.5 Å². The number of Topliss-reactive ketones (excluding diaryl/α,β-unsaturated/α-hetero) is 1. The molecule has 1 aromatic carbocycles. The van der Waals surface area contributed by atoms with Crippen molar-refractivity contribution in [1.29, 1.82) is 0 Å². The van der Waals surface area contributed by atoms with Gasteiger partial charge in [-0.05, 0) is 92.5 Å². The minimum atomic E-state index is -1.91. The summed E-state index contributed by atoms with van der Waals surface area (Å²) in [5, 5.41) is 40.5. The van der Waals surface area contributed by atoms with E-state index in [9.17, 15) is 29.4 Å². The molecule has 4 aliphatic rings. The topological polar surface area (TPSA) is 215 Å². The Morgan fingerprint density at radius 1 is 1.08 bits per heavy atom. The Kier molecular flexibility index (Phi) is 11.5. The van der Waals surface area contributed by atoms with Crippen molar-refractivity contribution in [2.75, 3.05) is 19.8 Å². The van der Waals surface area contributed by atoms with Crippen LogP contribution >= 0.6 is 11.6 Å². The minimum absolute atomic E-state index is 0.0278. The van der Waals surface area contributed by atoms with Crippen LogP contribution in [0.4, 0.5) is 4.79 Å². The Morgan fingerprint density at radius 3 is 2.45 bits per heavy atom. The maximum Gasteiger partial charge on any atom is 0.514 e. The monoisotopic (exact) mass is 734 g/mol. The molecule has 0 aromatic heterocycles. The number of nitrogens with two attached hydrogens (primary N) is 1. The first kappa shape index (κ1) is 39.0. The quantitative estimate of drug-likeness (QED) is 0.0644. The summed E-state index contributed by atoms with van der Waals surface area (Å²) in [4.78, 5) is 54.0. The summed E-state index contributed by atoms with van der Waals surface area (Å²) in [5.74, 6) is -2.30. The van der Waals surface area contributed by atoms with Crippen LogP contribution in [0.2, 0.25) is 0 Å². The van der Waals surface area contributed by atoms with Crippen molar-refractivity contribution in [3.8, 4) is 5.75 Å². The number of unbranched alkanes of at least 4 members (excludes halogenated alkanes) is 1. The van der Waals surface area contributed by atoms with Gasteiger partial charge >= 0.3 is 12.1 Å². The number of ether oxygens (including phenoxy) is 3. The fraction of sp³-hybridized carbons (Fsp3) is 0.611. The van der Waals surface area contributed by atoms with Crippen molar-refractivity contribution >= 4 is 35.3 Å². The molecule has 3 unspecified atom stereocenters. The molecule has 3 saturated carbocycles. The number of aliphatic hydroxyl groups is 2. The van der Waals surface area contributed by atoms with Gasteiger partial charge in [0.1, 0.15) is 17.4 Å². The van der Waals surface area contributed by atoms with E-state index >= 15 is 0 Å². The van der Waals surface area contributed by atoms with Crippen molar-refractivity contribution in [3.63, 3.8) is 0 Å². The highest BCUT2D eigenvalue weighted by Crippen LogP contribution is 2.71. The lowest BCUT2D eigenvalue weighted by Gasteiger charge is -2.63. The molecular weight excluding hydrogens is 688 g/mol. The lowest BCUT2D eigenvalue weighted by molar-refractivity contribution is -0.492. The third-order valence-electron chi connectivity index (χ3n) is 11.8. The van der Waals surface area contributed by atoms with Gasteiger partial charge in [-0.3, -0.25) is 29.6 Å². The zero-order valence-electron chi connectivity index (χ0n) is 29.0. The van der Waals surface area contributed by atoms with Gasteiger partial charge in [0.25, 0.3) is 0 Å². The van der Waals surface area contributed by atoms with Gasteiger partial charge in [0.05, 0.1) is 29.6 Å². The number of nitrogens with zero attached hydrogens (tertiary/aromatic N) is 1. The van der Waals surface area contributed by atoms with Crippen LogP contribution in [0.1, 0.15) is 64.9 Å². The van der Waals surface area contributed by atoms with Gasteiger partial charge in [-0.2, -0.15) is 0 Å². The van der Waals surface area contributed by atoms with Gasteiger partial charge in [0, 0.05) is 10.8 Å². The largest absolute Gasteiger partial charge is 0.514 e. The van der Waals surface area contributed by atoms with E-state index in [1.165, 1.54) is 18.2 Å². The summed E-state index contributed by atoms with van der Waals surface area (Å²) in [7, 11) is 0. The third-order valence-corrected chi connectivity index (χ3v) is 12.8. The number of carbonyl (C=O) groups is 4. The molecule has 0 spiro atoms. The molecule has 9 atom stereocenters. The number of carbonyl (C=O) groups excluding carboxylic acids is 4. The summed E-state index contributed by atoms with van der Waals surface area (Å²) in [6.45, 7) is 4.90. The first-order valence-corrected chi connectivity index (χ1v) is 17.6. The van der Waals surface area contributed by atoms with Crippen LogP contribution in [0, 0.1) is 28.6 Å². The smallest absolute Gasteiger partial charge is 0.465 e. The molecule has 51 heavy (non-hydrogen) atoms. The summed E-state index contributed by atoms with van der Waals surface area (Å²) >= 11 is 7.46. The predicted octanol–water partition coefficient (Wildman–Crippen LogP) is 3.59. The molecule has 0 saturated heterocycles. The van der Waals surface area contributed by atoms with Crippen molar-refractivity contribution < 1.29 is 58.9 Å². The Morgan fingerprint density at radius 2 is 1.76 bits per heavy atom. The number of allylic oxidation sites excluding steroid dienone is 4. The van der Waals surface area contributed by atoms with Gasteiger partial charge < -0.3 is 30.2 Å². The van der Waals surface area contributed by atoms with Crippen molar-refractivity contribution in [2.45, 2.75) is 88.3 Å². The number of esters is 1. The van der Waals surface area contributed by atoms with E-state index in [1.54, 1.807) is 38.1 Å². The molecule has 3 fully saturated rings. The first-order valence-electron chi connectivity index (χ1n) is 17.2. The number of ketones is 2. The standard InChI is InChI=1S/C36H47ClN2O12/c1-21-16-27-26-11-8-23-18-24(40)12-13-33(23,2)35(26,37)29(41)19-34(27,3)36(21,45)30(42)20-49-32(44)51-25-9-6-22(7-10-25)17-28(38)31(43)48-14-4-5-15-50-39(46)47/h6-7,9-10,12-13,18,21,26-29,41,45-47H,4-5,8,11,14-17,19-20,38H2,1-3H3/t21-,26-,27?,28?,29-,33-,34-,35?,36-/m0/s1. The van der Waals surface area contributed by atoms with Gasteiger partial charge in [0.15, 0.2) is 12.4 Å². The average Bonchev–Trinajstić information content (AvgIpc) is 3.28. The van der Waals surface area contributed by atoms with Crippen LogP contribution in [-0.4, -0.2) is 92.2 Å². The maximum absolute atomic E-state index is 13.8. The minimum Gasteiger partial charge on any atom is -0.465 e. The summed E-state index contributed by atoms with van der Waals surface area (Å²) in [5.41, 5.74) is 3.75. The Bertz CT molecular complexity index is 1570. The molecule has 0 aliphatic heterocycles. The van der Waals surface area contributed by atoms with Crippen LogP contribution in [0.5, 0.6) is 5.75 Å². The molecule has 0 radical (unpaired) electrons. The normalized spacial score (nSPS) is 34.5. The highest BCUT2D eigenvalue weighted by molar-refractivity contribution is 6.26. The maximum atomic E-state index is 13.8. The summed E-state index contributed by atoms with van der Waals surface area (Å²) < 4.78 is 15.6. The molecular formula is C36H47ClN2O12. The molecule has 1 aromatic rings. The fourth-order valence-electron chi connectivity index (χ4n) is 9.16. The van der Waals surface area contributed by atoms with Gasteiger partial charge in [0.2, 0.25) is 5.78 Å². The molecule has 280 valence electrons. The first-order chi connectivity index (χ1) is 24.0. The van der Waals surface area contributed by atoms with E-state index in [4.69, 9.17) is 42.0 Å². The summed E-state index contributed by atoms with van der Waals surface area (Å²) in [6.07, 6.45) is 5.35. The fourth-order valence-corrected chi connectivity index (χ4v) is 9.68. The SMILES string of the molecule is C[C@H]1CC2[C@@H]3CCC4=CC(=O)C=C[C@]4(C)C3(Cl)[C@@H](O)C[C@]2(C)[C@@]1(O)C(=O)COC(=O)Oc1ccc(CC(N)C(=O)OCCCCON(O)O)cc1. The van der Waals surface area contributed by atoms with Crippen LogP contribution in [-0.2, 0) is 35.1 Å². The van der Waals surface area contributed by atoms with E-state index < -0.39 is 69.3 Å². The Hall–Kier alpha value is -3.21. The van der Waals surface area contributed by atoms with E-state index in [0.717, 1.165) is 5.57 Å². The highest BCUT2D eigenvalue weighted by Gasteiger charge is 2.74. The Balaban J connectivity index is 1.15. The Labute approximate surface area is 301 Å². The van der Waals surface area contributed by atoms with Crippen LogP contribution in [0.25, 0.3) is 0 Å². The molecule has 6 N–H and O–H groups in total. The number of fused-ring (bicyclic) bond motifs is 5. The third kappa shape index (κ3) is 7.12. The lowest BCUT2D eigenvalue weighted by Crippen LogP contribution is -2.69. The molecule has 0 heterocycles. The number of rotatable bonds is 13. The van der Waals surface area contributed by atoms with E-state index in [0.29, 0.717) is 37.7 Å². The molecule has 5 rings (SSSR count). The molecule has 4 aliphatic carbocycles. The lowest BCUT2D eigenvalue weighted by atomic mass is 9.45.